The molecule has 6 heteroatoms. The van der Waals surface area contributed by atoms with Gasteiger partial charge < -0.3 is 10.6 Å². The van der Waals surface area contributed by atoms with Crippen LogP contribution in [0.2, 0.25) is 0 Å². The number of carbonyl (C=O) groups excluding carboxylic acids is 1. The van der Waals surface area contributed by atoms with Crippen molar-refractivity contribution in [1.82, 2.24) is 9.97 Å². The topological polar surface area (TPSA) is 66.9 Å². The van der Waals surface area contributed by atoms with E-state index in [2.05, 4.69) is 20.6 Å². The van der Waals surface area contributed by atoms with Gasteiger partial charge in [-0.05, 0) is 30.7 Å². The van der Waals surface area contributed by atoms with E-state index in [1.165, 1.54) is 12.1 Å². The van der Waals surface area contributed by atoms with Crippen LogP contribution < -0.4 is 10.6 Å². The molecule has 2 heterocycles. The molecule has 0 atom stereocenters. The average Bonchev–Trinajstić information content (AvgIpc) is 2.48. The highest BCUT2D eigenvalue weighted by Crippen LogP contribution is 2.10. The summed E-state index contributed by atoms with van der Waals surface area (Å²) < 4.78 is 12.7. The maximum atomic E-state index is 12.7. The monoisotopic (exact) mass is 274 g/mol. The second-order valence-corrected chi connectivity index (χ2v) is 4.17. The Balaban J connectivity index is 2.06. The molecular formula is C14H15FN4O. The molecule has 5 nitrogen and oxygen atoms in total. The minimum absolute atomic E-state index is 0.302. The first-order valence-electron chi connectivity index (χ1n) is 6.32. The number of hydrogen-bond donors (Lipinski definition) is 2. The lowest BCUT2D eigenvalue weighted by molar-refractivity contribution is 0.102. The molecular weight excluding hydrogens is 259 g/mol. The minimum Gasteiger partial charge on any atom is -0.370 e. The molecule has 0 aliphatic rings. The first-order chi connectivity index (χ1) is 9.69. The van der Waals surface area contributed by atoms with Crippen LogP contribution in [0.5, 0.6) is 0 Å². The Morgan fingerprint density at radius 2 is 2.10 bits per heavy atom. The normalized spacial score (nSPS) is 10.1. The predicted octanol–water partition coefficient (Wildman–Crippen LogP) is 2.69. The fourth-order valence-electron chi connectivity index (χ4n) is 1.56. The van der Waals surface area contributed by atoms with Gasteiger partial charge in [-0.3, -0.25) is 4.79 Å². The third kappa shape index (κ3) is 3.74. The Labute approximate surface area is 116 Å². The molecule has 1 amide bonds. The molecule has 0 fully saturated rings. The number of hydrogen-bond acceptors (Lipinski definition) is 4. The molecule has 0 bridgehead atoms. The Morgan fingerprint density at radius 1 is 1.25 bits per heavy atom. The SMILES string of the molecule is CCCNc1cc(C(=O)Nc2ccc(F)cn2)ccn1. The van der Waals surface area contributed by atoms with Gasteiger partial charge >= 0.3 is 0 Å². The van der Waals surface area contributed by atoms with Crippen LogP contribution >= 0.6 is 0 Å². The fraction of sp³-hybridized carbons (Fsp3) is 0.214. The van der Waals surface area contributed by atoms with Gasteiger partial charge in [0.05, 0.1) is 6.20 Å². The van der Waals surface area contributed by atoms with E-state index in [-0.39, 0.29) is 5.91 Å². The maximum Gasteiger partial charge on any atom is 0.257 e. The van der Waals surface area contributed by atoms with Crippen molar-refractivity contribution in [2.75, 3.05) is 17.2 Å². The predicted molar refractivity (Wildman–Crippen MR) is 75.2 cm³/mol. The van der Waals surface area contributed by atoms with Gasteiger partial charge in [-0.1, -0.05) is 6.92 Å². The number of carbonyl (C=O) groups is 1. The minimum atomic E-state index is -0.446. The lowest BCUT2D eigenvalue weighted by Gasteiger charge is -2.07. The average molecular weight is 274 g/mol. The zero-order valence-electron chi connectivity index (χ0n) is 11.1. The number of pyridine rings is 2. The van der Waals surface area contributed by atoms with Crippen molar-refractivity contribution in [2.24, 2.45) is 0 Å². The standard InChI is InChI=1S/C14H15FN4O/c1-2-6-16-13-8-10(5-7-17-13)14(20)19-12-4-3-11(15)9-18-12/h3-5,7-9H,2,6H2,1H3,(H,16,17)(H,18,19,20). The molecule has 2 N–H and O–H groups in total. The summed E-state index contributed by atoms with van der Waals surface area (Å²) in [7, 11) is 0. The lowest BCUT2D eigenvalue weighted by Crippen LogP contribution is -2.13. The van der Waals surface area contributed by atoms with E-state index in [0.717, 1.165) is 19.2 Å². The van der Waals surface area contributed by atoms with Crippen molar-refractivity contribution in [3.05, 3.63) is 48.0 Å². The van der Waals surface area contributed by atoms with Crippen molar-refractivity contribution >= 4 is 17.5 Å². The molecule has 104 valence electrons. The molecule has 0 aliphatic carbocycles. The molecule has 0 aliphatic heterocycles. The third-order valence-electron chi connectivity index (χ3n) is 2.55. The van der Waals surface area contributed by atoms with Crippen LogP contribution in [0.15, 0.2) is 36.7 Å². The van der Waals surface area contributed by atoms with E-state index in [1.54, 1.807) is 18.3 Å². The van der Waals surface area contributed by atoms with Gasteiger partial charge in [0, 0.05) is 18.3 Å². The van der Waals surface area contributed by atoms with Gasteiger partial charge in [0.1, 0.15) is 17.5 Å². The van der Waals surface area contributed by atoms with E-state index in [1.807, 2.05) is 6.92 Å². The molecule has 0 saturated heterocycles. The van der Waals surface area contributed by atoms with E-state index < -0.39 is 5.82 Å². The molecule has 2 aromatic heterocycles. The largest absolute Gasteiger partial charge is 0.370 e. The first-order valence-corrected chi connectivity index (χ1v) is 6.32. The number of amides is 1. The van der Waals surface area contributed by atoms with Gasteiger partial charge in [0.15, 0.2) is 0 Å². The van der Waals surface area contributed by atoms with Gasteiger partial charge in [0.2, 0.25) is 0 Å². The quantitative estimate of drug-likeness (QED) is 0.879. The summed E-state index contributed by atoms with van der Waals surface area (Å²) in [6.45, 7) is 2.83. The number of nitrogens with one attached hydrogen (secondary N) is 2. The third-order valence-corrected chi connectivity index (χ3v) is 2.55. The first kappa shape index (κ1) is 13.9. The Hall–Kier alpha value is -2.50. The summed E-state index contributed by atoms with van der Waals surface area (Å²) >= 11 is 0. The van der Waals surface area contributed by atoms with Gasteiger partial charge in [0.25, 0.3) is 5.91 Å². The molecule has 0 saturated carbocycles. The van der Waals surface area contributed by atoms with E-state index in [4.69, 9.17) is 0 Å². The van der Waals surface area contributed by atoms with Crippen LogP contribution in [0.3, 0.4) is 0 Å². The van der Waals surface area contributed by atoms with Crippen LogP contribution in [0.25, 0.3) is 0 Å². The highest BCUT2D eigenvalue weighted by atomic mass is 19.1. The number of rotatable bonds is 5. The highest BCUT2D eigenvalue weighted by molar-refractivity contribution is 6.04. The van der Waals surface area contributed by atoms with Gasteiger partial charge in [-0.25, -0.2) is 14.4 Å². The van der Waals surface area contributed by atoms with Crippen LogP contribution in [0.4, 0.5) is 16.0 Å². The zero-order chi connectivity index (χ0) is 14.4. The van der Waals surface area contributed by atoms with Crippen molar-refractivity contribution in [3.63, 3.8) is 0 Å². The summed E-state index contributed by atoms with van der Waals surface area (Å²) in [6, 6.07) is 5.92. The summed E-state index contributed by atoms with van der Waals surface area (Å²) in [5.41, 5.74) is 0.463. The number of anilines is 2. The Morgan fingerprint density at radius 3 is 2.80 bits per heavy atom. The molecule has 2 rings (SSSR count). The number of halogens is 1. The van der Waals surface area contributed by atoms with Crippen molar-refractivity contribution in [2.45, 2.75) is 13.3 Å². The zero-order valence-corrected chi connectivity index (χ0v) is 11.1. The van der Waals surface area contributed by atoms with Crippen LogP contribution in [-0.4, -0.2) is 22.4 Å². The summed E-state index contributed by atoms with van der Waals surface area (Å²) in [5.74, 6) is 0.187. The highest BCUT2D eigenvalue weighted by Gasteiger charge is 2.08. The number of aromatic nitrogens is 2. The molecule has 0 aromatic carbocycles. The van der Waals surface area contributed by atoms with E-state index in [9.17, 15) is 9.18 Å². The van der Waals surface area contributed by atoms with Gasteiger partial charge in [-0.15, -0.1) is 0 Å². The number of nitrogens with zero attached hydrogens (tertiary/aromatic N) is 2. The van der Waals surface area contributed by atoms with Crippen LogP contribution in [0.1, 0.15) is 23.7 Å². The van der Waals surface area contributed by atoms with Crippen LogP contribution in [0, 0.1) is 5.82 Å². The summed E-state index contributed by atoms with van der Waals surface area (Å²) in [6.07, 6.45) is 3.58. The van der Waals surface area contributed by atoms with E-state index in [0.29, 0.717) is 17.2 Å². The van der Waals surface area contributed by atoms with E-state index >= 15 is 0 Å². The molecule has 0 radical (unpaired) electrons. The van der Waals surface area contributed by atoms with Crippen molar-refractivity contribution in [1.29, 1.82) is 0 Å². The molecule has 0 spiro atoms. The fourth-order valence-corrected chi connectivity index (χ4v) is 1.56. The second-order valence-electron chi connectivity index (χ2n) is 4.17. The summed E-state index contributed by atoms with van der Waals surface area (Å²) in [4.78, 5) is 19.9. The van der Waals surface area contributed by atoms with Gasteiger partial charge in [-0.2, -0.15) is 0 Å². The van der Waals surface area contributed by atoms with Crippen LogP contribution in [-0.2, 0) is 0 Å². The molecule has 20 heavy (non-hydrogen) atoms. The Bertz CT molecular complexity index is 586. The van der Waals surface area contributed by atoms with Crippen molar-refractivity contribution in [3.8, 4) is 0 Å². The Kier molecular flexibility index (Phi) is 4.60. The molecule has 2 aromatic rings. The molecule has 0 unspecified atom stereocenters. The summed E-state index contributed by atoms with van der Waals surface area (Å²) in [5, 5.41) is 5.70. The second kappa shape index (κ2) is 6.60. The van der Waals surface area contributed by atoms with Crippen molar-refractivity contribution < 1.29 is 9.18 Å². The lowest BCUT2D eigenvalue weighted by atomic mass is 10.2. The smallest absolute Gasteiger partial charge is 0.257 e. The maximum absolute atomic E-state index is 12.7.